The van der Waals surface area contributed by atoms with Crippen molar-refractivity contribution in [2.75, 3.05) is 20.5 Å². The first kappa shape index (κ1) is 17.8. The SMILES string of the molecule is COc1ccc(C=C2Oc3cc(OS(C)(=O)=O)ccc3C2=O)c(OC)c1. The molecule has 0 unspecified atom stereocenters. The van der Waals surface area contributed by atoms with Crippen LogP contribution in [0.3, 0.4) is 0 Å². The summed E-state index contributed by atoms with van der Waals surface area (Å²) in [5.41, 5.74) is 0.960. The summed E-state index contributed by atoms with van der Waals surface area (Å²) in [6.45, 7) is 0. The van der Waals surface area contributed by atoms with E-state index in [1.165, 1.54) is 25.3 Å². The van der Waals surface area contributed by atoms with Crippen LogP contribution in [0, 0.1) is 0 Å². The number of ether oxygens (including phenoxy) is 3. The summed E-state index contributed by atoms with van der Waals surface area (Å²) < 4.78 is 43.3. The summed E-state index contributed by atoms with van der Waals surface area (Å²) in [5.74, 6) is 1.22. The first-order chi connectivity index (χ1) is 12.3. The second-order valence-corrected chi connectivity index (χ2v) is 7.07. The summed E-state index contributed by atoms with van der Waals surface area (Å²) in [7, 11) is -0.613. The molecule has 0 spiro atoms. The fraction of sp³-hybridized carbons (Fsp3) is 0.167. The van der Waals surface area contributed by atoms with Crippen LogP contribution in [-0.4, -0.2) is 34.7 Å². The van der Waals surface area contributed by atoms with Crippen molar-refractivity contribution in [2.24, 2.45) is 0 Å². The molecular formula is C18H16O7S. The van der Waals surface area contributed by atoms with E-state index in [1.54, 1.807) is 31.4 Å². The summed E-state index contributed by atoms with van der Waals surface area (Å²) in [6, 6.07) is 9.39. The van der Waals surface area contributed by atoms with E-state index < -0.39 is 10.1 Å². The van der Waals surface area contributed by atoms with Crippen molar-refractivity contribution in [3.63, 3.8) is 0 Å². The van der Waals surface area contributed by atoms with Crippen molar-refractivity contribution in [1.29, 1.82) is 0 Å². The largest absolute Gasteiger partial charge is 0.497 e. The van der Waals surface area contributed by atoms with Gasteiger partial charge in [0.15, 0.2) is 5.76 Å². The highest BCUT2D eigenvalue weighted by molar-refractivity contribution is 7.86. The number of hydrogen-bond acceptors (Lipinski definition) is 7. The Balaban J connectivity index is 1.94. The second kappa shape index (κ2) is 6.72. The number of fused-ring (bicyclic) bond motifs is 1. The maximum atomic E-state index is 12.5. The minimum absolute atomic E-state index is 0.0716. The molecule has 1 aliphatic heterocycles. The lowest BCUT2D eigenvalue weighted by atomic mass is 10.1. The number of allylic oxidation sites excluding steroid dienone is 1. The number of methoxy groups -OCH3 is 2. The van der Waals surface area contributed by atoms with Crippen molar-refractivity contribution in [3.05, 3.63) is 53.3 Å². The molecule has 0 amide bonds. The van der Waals surface area contributed by atoms with Gasteiger partial charge in [0.2, 0.25) is 5.78 Å². The Morgan fingerprint density at radius 1 is 1.00 bits per heavy atom. The molecule has 0 fully saturated rings. The third kappa shape index (κ3) is 3.65. The van der Waals surface area contributed by atoms with E-state index in [1.807, 2.05) is 0 Å². The maximum Gasteiger partial charge on any atom is 0.306 e. The lowest BCUT2D eigenvalue weighted by Crippen LogP contribution is -2.05. The van der Waals surface area contributed by atoms with E-state index in [0.717, 1.165) is 6.26 Å². The van der Waals surface area contributed by atoms with Crippen LogP contribution in [-0.2, 0) is 10.1 Å². The Morgan fingerprint density at radius 3 is 2.38 bits per heavy atom. The van der Waals surface area contributed by atoms with Gasteiger partial charge in [0.05, 0.1) is 26.0 Å². The van der Waals surface area contributed by atoms with Crippen molar-refractivity contribution in [1.82, 2.24) is 0 Å². The first-order valence-corrected chi connectivity index (χ1v) is 9.32. The molecule has 2 aromatic rings. The minimum atomic E-state index is -3.67. The van der Waals surface area contributed by atoms with Gasteiger partial charge in [-0.15, -0.1) is 0 Å². The van der Waals surface area contributed by atoms with Crippen LogP contribution in [0.25, 0.3) is 6.08 Å². The third-order valence-corrected chi connectivity index (χ3v) is 4.11. The van der Waals surface area contributed by atoms with Crippen LogP contribution in [0.2, 0.25) is 0 Å². The van der Waals surface area contributed by atoms with Gasteiger partial charge in [0.1, 0.15) is 23.0 Å². The van der Waals surface area contributed by atoms with Crippen LogP contribution < -0.4 is 18.4 Å². The molecule has 8 heteroatoms. The lowest BCUT2D eigenvalue weighted by Gasteiger charge is -2.08. The second-order valence-electron chi connectivity index (χ2n) is 5.49. The molecule has 0 atom stereocenters. The average molecular weight is 376 g/mol. The van der Waals surface area contributed by atoms with Gasteiger partial charge in [-0.3, -0.25) is 4.79 Å². The molecule has 7 nitrogen and oxygen atoms in total. The van der Waals surface area contributed by atoms with Crippen molar-refractivity contribution in [3.8, 4) is 23.0 Å². The van der Waals surface area contributed by atoms with E-state index in [2.05, 4.69) is 0 Å². The Bertz CT molecular complexity index is 1010. The van der Waals surface area contributed by atoms with Gasteiger partial charge in [-0.2, -0.15) is 8.42 Å². The normalized spacial score (nSPS) is 14.7. The fourth-order valence-corrected chi connectivity index (χ4v) is 2.93. The molecule has 0 N–H and O–H groups in total. The zero-order valence-electron chi connectivity index (χ0n) is 14.3. The van der Waals surface area contributed by atoms with Crippen LogP contribution in [0.1, 0.15) is 15.9 Å². The van der Waals surface area contributed by atoms with Crippen molar-refractivity contribution in [2.45, 2.75) is 0 Å². The Labute approximate surface area is 150 Å². The number of benzene rings is 2. The van der Waals surface area contributed by atoms with Gasteiger partial charge < -0.3 is 18.4 Å². The highest BCUT2D eigenvalue weighted by Gasteiger charge is 2.28. The highest BCUT2D eigenvalue weighted by atomic mass is 32.2. The van der Waals surface area contributed by atoms with Crippen LogP contribution in [0.4, 0.5) is 0 Å². The lowest BCUT2D eigenvalue weighted by molar-refractivity contribution is 0.101. The van der Waals surface area contributed by atoms with E-state index in [9.17, 15) is 13.2 Å². The van der Waals surface area contributed by atoms with Gasteiger partial charge in [-0.1, -0.05) is 0 Å². The average Bonchev–Trinajstić information content (AvgIpc) is 2.89. The molecule has 1 heterocycles. The maximum absolute atomic E-state index is 12.5. The number of carbonyl (C=O) groups excluding carboxylic acids is 1. The van der Waals surface area contributed by atoms with E-state index in [0.29, 0.717) is 22.6 Å². The standard InChI is InChI=1S/C18H16O7S/c1-22-12-5-4-11(15(9-12)23-2)8-17-18(19)14-7-6-13(10-16(14)24-17)25-26(3,20)21/h4-10H,1-3H3. The third-order valence-electron chi connectivity index (χ3n) is 3.62. The van der Waals surface area contributed by atoms with Gasteiger partial charge in [0.25, 0.3) is 0 Å². The highest BCUT2D eigenvalue weighted by Crippen LogP contribution is 2.36. The number of Topliss-reactive ketones (excluding diaryl/α,β-unsaturated/α-hetero) is 1. The molecule has 26 heavy (non-hydrogen) atoms. The van der Waals surface area contributed by atoms with Crippen molar-refractivity contribution >= 4 is 22.0 Å². The van der Waals surface area contributed by atoms with E-state index in [-0.39, 0.29) is 23.0 Å². The summed E-state index contributed by atoms with van der Waals surface area (Å²) in [6.07, 6.45) is 2.49. The number of rotatable bonds is 5. The molecule has 0 saturated carbocycles. The zero-order chi connectivity index (χ0) is 18.9. The van der Waals surface area contributed by atoms with E-state index >= 15 is 0 Å². The molecule has 0 aromatic heterocycles. The monoisotopic (exact) mass is 376 g/mol. The summed E-state index contributed by atoms with van der Waals surface area (Å²) >= 11 is 0. The van der Waals surface area contributed by atoms with Crippen LogP contribution >= 0.6 is 0 Å². The molecule has 1 aliphatic rings. The molecule has 2 aromatic carbocycles. The summed E-state index contributed by atoms with van der Waals surface area (Å²) in [5, 5.41) is 0. The zero-order valence-corrected chi connectivity index (χ0v) is 15.1. The van der Waals surface area contributed by atoms with Crippen LogP contribution in [0.15, 0.2) is 42.2 Å². The predicted octanol–water partition coefficient (Wildman–Crippen LogP) is 2.66. The number of hydrogen-bond donors (Lipinski definition) is 0. The van der Waals surface area contributed by atoms with Crippen LogP contribution in [0.5, 0.6) is 23.0 Å². The topological polar surface area (TPSA) is 88.1 Å². The molecule has 0 radical (unpaired) electrons. The first-order valence-electron chi connectivity index (χ1n) is 7.50. The molecule has 3 rings (SSSR count). The molecule has 0 saturated heterocycles. The minimum Gasteiger partial charge on any atom is -0.497 e. The number of carbonyl (C=O) groups is 1. The van der Waals surface area contributed by atoms with Gasteiger partial charge in [-0.05, 0) is 30.3 Å². The summed E-state index contributed by atoms with van der Waals surface area (Å²) in [4.78, 5) is 12.5. The molecule has 136 valence electrons. The molecule has 0 aliphatic carbocycles. The quantitative estimate of drug-likeness (QED) is 0.585. The molecule has 0 bridgehead atoms. The smallest absolute Gasteiger partial charge is 0.306 e. The number of ketones is 1. The van der Waals surface area contributed by atoms with Gasteiger partial charge in [-0.25, -0.2) is 0 Å². The Kier molecular flexibility index (Phi) is 4.60. The molecular weight excluding hydrogens is 360 g/mol. The van der Waals surface area contributed by atoms with E-state index in [4.69, 9.17) is 18.4 Å². The fourth-order valence-electron chi connectivity index (χ4n) is 2.47. The van der Waals surface area contributed by atoms with Gasteiger partial charge >= 0.3 is 10.1 Å². The Morgan fingerprint density at radius 2 is 1.73 bits per heavy atom. The Hall–Kier alpha value is -3.00. The predicted molar refractivity (Wildman–Crippen MR) is 94.4 cm³/mol. The van der Waals surface area contributed by atoms with Gasteiger partial charge in [0, 0.05) is 17.7 Å². The van der Waals surface area contributed by atoms with Crippen molar-refractivity contribution < 1.29 is 31.6 Å².